The summed E-state index contributed by atoms with van der Waals surface area (Å²) in [5.74, 6) is -30.9. The first-order valence-corrected chi connectivity index (χ1v) is 22.6. The molecule has 1 aliphatic heterocycles. The highest BCUT2D eigenvalue weighted by molar-refractivity contribution is 6.08. The summed E-state index contributed by atoms with van der Waals surface area (Å²) in [4.78, 5) is 69.3. The standard InChI is InChI=1S/C48H46O33/c49-8-23(57)34(64)39(69)35(65)24(58)10-76-47(74)16-6-22(56)33(63)40(70)41(16)78-26-7-15-29(38(68)36(26)66)28-14(5-21(55)32(62)37(28)67)48(75)80-42(25(59)11-77-46(15)73)43(81-45(72)13-3-19(53)31(61)20(54)4-13)27(9-50)79-44(71)12-1-17(51)30(60)18(52)2-12/h1-7,23-25,27,34-35,39,42-43,49-70H,8-11H2/t23-,24?,25-,27+,34-,35-,39-,42-,43-/m1/s1. The maximum absolute atomic E-state index is 14.5. The lowest BCUT2D eigenvalue weighted by Crippen LogP contribution is -2.53. The summed E-state index contributed by atoms with van der Waals surface area (Å²) in [6.07, 6.45) is -21.9. The fraction of sp³-hybridized carbons (Fsp3) is 0.271. The predicted octanol–water partition coefficient (Wildman–Crippen LogP) is -2.52. The molecule has 0 radical (unpaired) electrons. The molecule has 1 heterocycles. The van der Waals surface area contributed by atoms with Crippen molar-refractivity contribution >= 4 is 29.8 Å². The molecule has 33 nitrogen and oxygen atoms in total. The van der Waals surface area contributed by atoms with Crippen LogP contribution in [0, 0.1) is 0 Å². The molecule has 0 bridgehead atoms. The summed E-state index contributed by atoms with van der Waals surface area (Å²) < 4.78 is 31.6. The van der Waals surface area contributed by atoms with Gasteiger partial charge < -0.3 is 141 Å². The minimum absolute atomic E-state index is 0.271. The molecule has 1 unspecified atom stereocenters. The molecule has 1 aliphatic rings. The zero-order chi connectivity index (χ0) is 60.4. The molecule has 0 saturated heterocycles. The van der Waals surface area contributed by atoms with E-state index >= 15 is 0 Å². The van der Waals surface area contributed by atoms with Gasteiger partial charge in [-0.15, -0.1) is 0 Å². The van der Waals surface area contributed by atoms with E-state index in [1.807, 2.05) is 0 Å². The van der Waals surface area contributed by atoms with Gasteiger partial charge in [-0.05, 0) is 30.3 Å². The van der Waals surface area contributed by atoms with Gasteiger partial charge in [0.2, 0.25) is 23.0 Å². The smallest absolute Gasteiger partial charge is 0.342 e. The van der Waals surface area contributed by atoms with Gasteiger partial charge in [-0.25, -0.2) is 24.0 Å². The second-order valence-electron chi connectivity index (χ2n) is 17.2. The van der Waals surface area contributed by atoms with Gasteiger partial charge in [-0.3, -0.25) is 0 Å². The van der Waals surface area contributed by atoms with Gasteiger partial charge in [-0.1, -0.05) is 0 Å². The van der Waals surface area contributed by atoms with E-state index in [0.717, 1.165) is 0 Å². The number of carbonyl (C=O) groups excluding carboxylic acids is 5. The van der Waals surface area contributed by atoms with E-state index in [2.05, 4.69) is 0 Å². The Hall–Kier alpha value is -9.87. The molecule has 0 aliphatic carbocycles. The van der Waals surface area contributed by atoms with E-state index in [9.17, 15) is 131 Å². The molecule has 6 rings (SSSR count). The molecule has 0 amide bonds. The molecule has 33 heteroatoms. The number of phenols is 14. The number of carbonyl (C=O) groups is 5. The van der Waals surface area contributed by atoms with Crippen LogP contribution in [-0.2, 0) is 23.7 Å². The van der Waals surface area contributed by atoms with Gasteiger partial charge in [0.05, 0.1) is 35.5 Å². The number of esters is 5. The number of benzene rings is 5. The number of ether oxygens (including phenoxy) is 6. The van der Waals surface area contributed by atoms with Crippen molar-refractivity contribution in [1.82, 2.24) is 0 Å². The van der Waals surface area contributed by atoms with E-state index in [4.69, 9.17) is 33.5 Å². The Balaban J connectivity index is 1.46. The average molecular weight is 1150 g/mol. The van der Waals surface area contributed by atoms with Gasteiger partial charge in [0, 0.05) is 23.3 Å². The topological polar surface area (TPSA) is 586 Å². The van der Waals surface area contributed by atoms with Crippen molar-refractivity contribution < 1.29 is 165 Å². The van der Waals surface area contributed by atoms with E-state index in [1.54, 1.807) is 0 Å². The Morgan fingerprint density at radius 2 is 0.988 bits per heavy atom. The maximum atomic E-state index is 14.5. The minimum atomic E-state index is -2.71. The normalized spacial score (nSPS) is 17.0. The Morgan fingerprint density at radius 1 is 0.519 bits per heavy atom. The third-order valence-electron chi connectivity index (χ3n) is 11.9. The molecule has 0 aromatic heterocycles. The third-order valence-corrected chi connectivity index (χ3v) is 11.9. The van der Waals surface area contributed by atoms with Crippen molar-refractivity contribution in [3.05, 3.63) is 70.3 Å². The molecule has 0 fully saturated rings. The number of fused-ring (bicyclic) bond motifs is 3. The Labute approximate surface area is 448 Å². The first-order valence-electron chi connectivity index (χ1n) is 22.6. The van der Waals surface area contributed by atoms with Crippen LogP contribution in [0.3, 0.4) is 0 Å². The van der Waals surface area contributed by atoms with Crippen molar-refractivity contribution in [1.29, 1.82) is 0 Å². The lowest BCUT2D eigenvalue weighted by atomic mass is 9.91. The monoisotopic (exact) mass is 1150 g/mol. The lowest BCUT2D eigenvalue weighted by molar-refractivity contribution is -0.146. The fourth-order valence-corrected chi connectivity index (χ4v) is 7.57. The highest BCUT2D eigenvalue weighted by Crippen LogP contribution is 2.55. The summed E-state index contributed by atoms with van der Waals surface area (Å²) in [7, 11) is 0. The molecule has 5 aromatic rings. The van der Waals surface area contributed by atoms with Gasteiger partial charge in [-0.2, -0.15) is 0 Å². The molecule has 5 aromatic carbocycles. The van der Waals surface area contributed by atoms with Crippen LogP contribution in [0.25, 0.3) is 11.1 Å². The summed E-state index contributed by atoms with van der Waals surface area (Å²) >= 11 is 0. The Bertz CT molecular complexity index is 3240. The highest BCUT2D eigenvalue weighted by atomic mass is 16.6. The lowest BCUT2D eigenvalue weighted by Gasteiger charge is -2.34. The average Bonchev–Trinajstić information content (AvgIpc) is 3.45. The summed E-state index contributed by atoms with van der Waals surface area (Å²) in [5, 5.41) is 229. The molecule has 436 valence electrons. The van der Waals surface area contributed by atoms with E-state index in [1.165, 1.54) is 0 Å². The largest absolute Gasteiger partial charge is 0.504 e. The molecule has 81 heavy (non-hydrogen) atoms. The van der Waals surface area contributed by atoms with Crippen molar-refractivity contribution in [2.24, 2.45) is 0 Å². The number of aromatic hydroxyl groups is 14. The van der Waals surface area contributed by atoms with Crippen molar-refractivity contribution in [3.8, 4) is 103 Å². The summed E-state index contributed by atoms with van der Waals surface area (Å²) in [6.45, 7) is -5.53. The van der Waals surface area contributed by atoms with Crippen molar-refractivity contribution in [2.45, 2.75) is 54.9 Å². The van der Waals surface area contributed by atoms with Crippen molar-refractivity contribution in [2.75, 3.05) is 26.4 Å². The molecule has 0 spiro atoms. The number of aliphatic hydroxyl groups excluding tert-OH is 8. The molecule has 22 N–H and O–H groups in total. The molecule has 0 saturated carbocycles. The zero-order valence-electron chi connectivity index (χ0n) is 40.4. The first-order chi connectivity index (χ1) is 37.9. The van der Waals surface area contributed by atoms with E-state index in [-0.39, 0.29) is 6.07 Å². The number of cyclic esters (lactones) is 2. The molecule has 9 atom stereocenters. The van der Waals surface area contributed by atoms with E-state index in [0.29, 0.717) is 36.4 Å². The van der Waals surface area contributed by atoms with Gasteiger partial charge in [0.15, 0.2) is 87.3 Å². The minimum Gasteiger partial charge on any atom is -0.504 e. The zero-order valence-corrected chi connectivity index (χ0v) is 40.4. The first kappa shape index (κ1) is 60.4. The van der Waals surface area contributed by atoms with Crippen LogP contribution < -0.4 is 4.74 Å². The fourth-order valence-electron chi connectivity index (χ4n) is 7.57. The second-order valence-corrected chi connectivity index (χ2v) is 17.2. The molecular formula is C48H46O33. The van der Waals surface area contributed by atoms with Crippen LogP contribution in [0.5, 0.6) is 92.0 Å². The Morgan fingerprint density at radius 3 is 1.52 bits per heavy atom. The van der Waals surface area contributed by atoms with Crippen LogP contribution in [0.15, 0.2) is 42.5 Å². The van der Waals surface area contributed by atoms with Gasteiger partial charge >= 0.3 is 29.8 Å². The SMILES string of the molecule is O=C(O[C@@H]([C@@H]1OC(=O)c2cc(O)c(O)c(O)c2-c2c(cc(Oc3c(C(=O)OCC(O)[C@@H](O)[C@H](O)[C@H](O)[C@H](O)CO)cc(O)c(O)c3O)c(O)c2O)C(=O)OC[C@H]1O)[C@H](CO)OC(=O)c1cc(O)c(O)c(O)c1)c1cc(O)c(O)c(O)c1. The number of hydrogen-bond acceptors (Lipinski definition) is 33. The number of hydrogen-bond donors (Lipinski definition) is 22. The van der Waals surface area contributed by atoms with Crippen LogP contribution in [0.4, 0.5) is 0 Å². The number of phenolic OH excluding ortho intramolecular Hbond substituents is 14. The predicted molar refractivity (Wildman–Crippen MR) is 253 cm³/mol. The highest BCUT2D eigenvalue weighted by Gasteiger charge is 2.45. The van der Waals surface area contributed by atoms with Crippen LogP contribution in [-0.4, -0.2) is 224 Å². The van der Waals surface area contributed by atoms with Crippen LogP contribution >= 0.6 is 0 Å². The number of rotatable bonds is 17. The number of aliphatic hydroxyl groups is 8. The van der Waals surface area contributed by atoms with Crippen molar-refractivity contribution in [3.63, 3.8) is 0 Å². The second kappa shape index (κ2) is 24.0. The maximum Gasteiger partial charge on any atom is 0.342 e. The van der Waals surface area contributed by atoms with Gasteiger partial charge in [0.25, 0.3) is 0 Å². The molecular weight excluding hydrogens is 1100 g/mol. The Kier molecular flexibility index (Phi) is 17.9. The quantitative estimate of drug-likeness (QED) is 0.0259. The summed E-state index contributed by atoms with van der Waals surface area (Å²) in [5.41, 5.74) is -7.99. The summed E-state index contributed by atoms with van der Waals surface area (Å²) in [6, 6.07) is 2.93. The van der Waals surface area contributed by atoms with Gasteiger partial charge in [0.1, 0.15) is 55.4 Å². The van der Waals surface area contributed by atoms with Crippen LogP contribution in [0.2, 0.25) is 0 Å². The van der Waals surface area contributed by atoms with E-state index < -0.39 is 242 Å². The third kappa shape index (κ3) is 12.1. The van der Waals surface area contributed by atoms with Crippen LogP contribution in [0.1, 0.15) is 51.8 Å².